The Morgan fingerprint density at radius 1 is 1.17 bits per heavy atom. The number of phenolic OH excluding ortho intramolecular Hbond substituents is 1. The van der Waals surface area contributed by atoms with Crippen molar-refractivity contribution < 1.29 is 9.84 Å². The molecule has 3 nitrogen and oxygen atoms in total. The molecule has 2 aromatic rings. The second-order valence-electron chi connectivity index (χ2n) is 3.69. The highest BCUT2D eigenvalue weighted by Gasteiger charge is 2.06. The van der Waals surface area contributed by atoms with E-state index in [1.807, 2.05) is 12.1 Å². The van der Waals surface area contributed by atoms with Crippen LogP contribution in [0.15, 0.2) is 36.4 Å². The molecule has 2 aromatic carbocycles. The van der Waals surface area contributed by atoms with E-state index in [-0.39, 0.29) is 11.3 Å². The Morgan fingerprint density at radius 3 is 2.39 bits per heavy atom. The number of hydrogen-bond acceptors (Lipinski definition) is 3. The third kappa shape index (κ3) is 2.24. The maximum atomic E-state index is 9.64. The molecule has 0 spiro atoms. The summed E-state index contributed by atoms with van der Waals surface area (Å²) < 4.78 is 5.07. The lowest BCUT2D eigenvalue weighted by atomic mass is 10.0. The van der Waals surface area contributed by atoms with Crippen molar-refractivity contribution in [1.29, 1.82) is 5.26 Å². The molecule has 4 heteroatoms. The van der Waals surface area contributed by atoms with E-state index in [0.717, 1.165) is 11.1 Å². The Labute approximate surface area is 110 Å². The van der Waals surface area contributed by atoms with Crippen LogP contribution in [-0.2, 0) is 0 Å². The number of nitriles is 1. The van der Waals surface area contributed by atoms with Gasteiger partial charge in [0.25, 0.3) is 0 Å². The van der Waals surface area contributed by atoms with Gasteiger partial charge >= 0.3 is 0 Å². The summed E-state index contributed by atoms with van der Waals surface area (Å²) in [6.07, 6.45) is 0. The standard InChI is InChI=1S/C14H10ClNO2/c1-18-14-5-4-9(6-12(14)15)10-2-3-11(8-16)13(17)7-10/h2-7,17H,1H3. The first-order valence-corrected chi connectivity index (χ1v) is 5.60. The van der Waals surface area contributed by atoms with Crippen LogP contribution in [-0.4, -0.2) is 12.2 Å². The molecular formula is C14H10ClNO2. The smallest absolute Gasteiger partial charge is 0.137 e. The van der Waals surface area contributed by atoms with Crippen molar-refractivity contribution in [3.8, 4) is 28.7 Å². The number of hydrogen-bond donors (Lipinski definition) is 1. The minimum Gasteiger partial charge on any atom is -0.507 e. The zero-order valence-electron chi connectivity index (χ0n) is 9.64. The van der Waals surface area contributed by atoms with Crippen molar-refractivity contribution >= 4 is 11.6 Å². The van der Waals surface area contributed by atoms with E-state index in [1.165, 1.54) is 6.07 Å². The van der Waals surface area contributed by atoms with E-state index in [0.29, 0.717) is 10.8 Å². The number of aromatic hydroxyl groups is 1. The van der Waals surface area contributed by atoms with Gasteiger partial charge in [0.1, 0.15) is 17.6 Å². The molecule has 90 valence electrons. The van der Waals surface area contributed by atoms with Crippen LogP contribution in [0.4, 0.5) is 0 Å². The summed E-state index contributed by atoms with van der Waals surface area (Å²) in [5.74, 6) is 0.556. The summed E-state index contributed by atoms with van der Waals surface area (Å²) in [5, 5.41) is 18.9. The molecule has 0 saturated carbocycles. The van der Waals surface area contributed by atoms with E-state index in [2.05, 4.69) is 0 Å². The van der Waals surface area contributed by atoms with Crippen LogP contribution in [0.3, 0.4) is 0 Å². The summed E-state index contributed by atoms with van der Waals surface area (Å²) in [5.41, 5.74) is 1.88. The molecule has 0 fully saturated rings. The summed E-state index contributed by atoms with van der Waals surface area (Å²) >= 11 is 6.04. The van der Waals surface area contributed by atoms with Crippen molar-refractivity contribution in [1.82, 2.24) is 0 Å². The van der Waals surface area contributed by atoms with Gasteiger partial charge in [0, 0.05) is 0 Å². The molecule has 0 aliphatic rings. The summed E-state index contributed by atoms with van der Waals surface area (Å²) in [7, 11) is 1.55. The van der Waals surface area contributed by atoms with Gasteiger partial charge in [-0.25, -0.2) is 0 Å². The Morgan fingerprint density at radius 2 is 1.83 bits per heavy atom. The highest BCUT2D eigenvalue weighted by atomic mass is 35.5. The average Bonchev–Trinajstić information content (AvgIpc) is 2.38. The number of rotatable bonds is 2. The predicted molar refractivity (Wildman–Crippen MR) is 69.8 cm³/mol. The first-order chi connectivity index (χ1) is 8.65. The van der Waals surface area contributed by atoms with Gasteiger partial charge in [-0.05, 0) is 35.4 Å². The van der Waals surface area contributed by atoms with Gasteiger partial charge in [-0.2, -0.15) is 5.26 Å². The third-order valence-corrected chi connectivity index (χ3v) is 2.90. The van der Waals surface area contributed by atoms with E-state index in [9.17, 15) is 5.11 Å². The Balaban J connectivity index is 2.46. The van der Waals surface area contributed by atoms with Crippen LogP contribution in [0.1, 0.15) is 5.56 Å². The van der Waals surface area contributed by atoms with Crippen molar-refractivity contribution in [3.63, 3.8) is 0 Å². The van der Waals surface area contributed by atoms with Crippen molar-refractivity contribution in [2.24, 2.45) is 0 Å². The lowest BCUT2D eigenvalue weighted by Crippen LogP contribution is -1.85. The lowest BCUT2D eigenvalue weighted by molar-refractivity contribution is 0.415. The first kappa shape index (κ1) is 12.3. The van der Waals surface area contributed by atoms with Crippen LogP contribution < -0.4 is 4.74 Å². The van der Waals surface area contributed by atoms with Gasteiger partial charge in [-0.3, -0.25) is 0 Å². The minimum atomic E-state index is -0.0399. The zero-order valence-corrected chi connectivity index (χ0v) is 10.4. The maximum Gasteiger partial charge on any atom is 0.137 e. The maximum absolute atomic E-state index is 9.64. The Bertz CT molecular complexity index is 632. The molecule has 0 radical (unpaired) electrons. The van der Waals surface area contributed by atoms with Gasteiger partial charge in [0.15, 0.2) is 0 Å². The minimum absolute atomic E-state index is 0.0399. The topological polar surface area (TPSA) is 53.2 Å². The number of phenols is 1. The molecule has 18 heavy (non-hydrogen) atoms. The summed E-state index contributed by atoms with van der Waals surface area (Å²) in [6.45, 7) is 0. The molecule has 0 atom stereocenters. The van der Waals surface area contributed by atoms with Gasteiger partial charge < -0.3 is 9.84 Å². The molecule has 2 rings (SSSR count). The summed E-state index contributed by atoms with van der Waals surface area (Å²) in [6, 6.07) is 12.1. The first-order valence-electron chi connectivity index (χ1n) is 5.22. The molecule has 0 saturated heterocycles. The van der Waals surface area contributed by atoms with Crippen LogP contribution in [0.25, 0.3) is 11.1 Å². The molecule has 0 amide bonds. The van der Waals surface area contributed by atoms with Crippen LogP contribution in [0, 0.1) is 11.3 Å². The van der Waals surface area contributed by atoms with Crippen molar-refractivity contribution in [2.75, 3.05) is 7.11 Å². The predicted octanol–water partition coefficient (Wildman–Crippen LogP) is 3.59. The fourth-order valence-electron chi connectivity index (χ4n) is 1.65. The number of halogens is 1. The molecule has 0 unspecified atom stereocenters. The molecular weight excluding hydrogens is 250 g/mol. The van der Waals surface area contributed by atoms with Crippen LogP contribution >= 0.6 is 11.6 Å². The highest BCUT2D eigenvalue weighted by molar-refractivity contribution is 6.32. The lowest BCUT2D eigenvalue weighted by Gasteiger charge is -2.07. The van der Waals surface area contributed by atoms with E-state index < -0.39 is 0 Å². The fourth-order valence-corrected chi connectivity index (χ4v) is 1.91. The zero-order chi connectivity index (χ0) is 13.1. The quantitative estimate of drug-likeness (QED) is 0.897. The third-order valence-electron chi connectivity index (χ3n) is 2.60. The molecule has 0 aliphatic carbocycles. The normalized spacial score (nSPS) is 9.83. The van der Waals surface area contributed by atoms with Crippen molar-refractivity contribution in [3.05, 3.63) is 47.0 Å². The largest absolute Gasteiger partial charge is 0.507 e. The monoisotopic (exact) mass is 259 g/mol. The van der Waals surface area contributed by atoms with E-state index in [4.69, 9.17) is 21.6 Å². The van der Waals surface area contributed by atoms with E-state index in [1.54, 1.807) is 31.4 Å². The number of nitrogens with zero attached hydrogens (tertiary/aromatic N) is 1. The fraction of sp³-hybridized carbons (Fsp3) is 0.0714. The van der Waals surface area contributed by atoms with Gasteiger partial charge in [0.05, 0.1) is 17.7 Å². The molecule has 1 N–H and O–H groups in total. The number of ether oxygens (including phenoxy) is 1. The van der Waals surface area contributed by atoms with E-state index >= 15 is 0 Å². The number of benzene rings is 2. The van der Waals surface area contributed by atoms with Crippen molar-refractivity contribution in [2.45, 2.75) is 0 Å². The molecule has 0 heterocycles. The Kier molecular flexibility index (Phi) is 3.40. The average molecular weight is 260 g/mol. The van der Waals surface area contributed by atoms with Gasteiger partial charge in [-0.1, -0.05) is 23.7 Å². The molecule has 0 aromatic heterocycles. The molecule has 0 aliphatic heterocycles. The number of methoxy groups -OCH3 is 1. The van der Waals surface area contributed by atoms with Gasteiger partial charge in [-0.15, -0.1) is 0 Å². The summed E-state index contributed by atoms with van der Waals surface area (Å²) in [4.78, 5) is 0. The second-order valence-corrected chi connectivity index (χ2v) is 4.10. The van der Waals surface area contributed by atoms with Gasteiger partial charge in [0.2, 0.25) is 0 Å². The molecule has 0 bridgehead atoms. The SMILES string of the molecule is COc1ccc(-c2ccc(C#N)c(O)c2)cc1Cl. The highest BCUT2D eigenvalue weighted by Crippen LogP contribution is 2.32. The van der Waals surface area contributed by atoms with Crippen LogP contribution in [0.2, 0.25) is 5.02 Å². The second kappa shape index (κ2) is 4.99. The Hall–Kier alpha value is -2.18. The van der Waals surface area contributed by atoms with Crippen LogP contribution in [0.5, 0.6) is 11.5 Å².